The Morgan fingerprint density at radius 3 is 2.50 bits per heavy atom. The molecule has 1 atom stereocenters. The summed E-state index contributed by atoms with van der Waals surface area (Å²) in [4.78, 5) is 2.33. The lowest BCUT2D eigenvalue weighted by molar-refractivity contribution is 0.0175. The number of methoxy groups -OCH3 is 2. The van der Waals surface area contributed by atoms with E-state index in [4.69, 9.17) is 14.2 Å². The molecule has 3 aromatic carbocycles. The quantitative estimate of drug-likeness (QED) is 0.561. The molecule has 0 radical (unpaired) electrons. The number of nitrogens with one attached hydrogen (secondary N) is 1. The Bertz CT molecular complexity index is 1170. The van der Waals surface area contributed by atoms with Gasteiger partial charge in [0, 0.05) is 31.7 Å². The summed E-state index contributed by atoms with van der Waals surface area (Å²) in [5.74, 6) is 0.719. The Hall–Kier alpha value is -2.65. The van der Waals surface area contributed by atoms with Gasteiger partial charge in [-0.25, -0.2) is 13.1 Å². The lowest BCUT2D eigenvalue weighted by Gasteiger charge is -2.35. The highest BCUT2D eigenvalue weighted by atomic mass is 32.2. The van der Waals surface area contributed by atoms with E-state index in [1.165, 1.54) is 20.3 Å². The largest absolute Gasteiger partial charge is 0.497 e. The Kier molecular flexibility index (Phi) is 6.95. The smallest absolute Gasteiger partial charge is 0.244 e. The molecular weight excluding hydrogens is 428 g/mol. The van der Waals surface area contributed by atoms with E-state index in [1.807, 2.05) is 18.2 Å². The molecule has 0 saturated carbocycles. The number of rotatable bonds is 8. The van der Waals surface area contributed by atoms with Crippen LogP contribution in [0.2, 0.25) is 0 Å². The van der Waals surface area contributed by atoms with E-state index in [1.54, 1.807) is 12.1 Å². The molecule has 7 nitrogen and oxygen atoms in total. The van der Waals surface area contributed by atoms with Crippen molar-refractivity contribution in [3.8, 4) is 11.5 Å². The molecule has 1 heterocycles. The first-order valence-electron chi connectivity index (χ1n) is 10.5. The van der Waals surface area contributed by atoms with Gasteiger partial charge in [0.1, 0.15) is 16.4 Å². The van der Waals surface area contributed by atoms with Gasteiger partial charge in [-0.3, -0.25) is 4.90 Å². The van der Waals surface area contributed by atoms with E-state index >= 15 is 0 Å². The molecule has 3 aromatic rings. The number of ether oxygens (including phenoxy) is 3. The molecule has 0 amide bonds. The van der Waals surface area contributed by atoms with Crippen LogP contribution < -0.4 is 14.2 Å². The van der Waals surface area contributed by atoms with Crippen molar-refractivity contribution in [1.29, 1.82) is 0 Å². The number of morpholine rings is 1. The molecule has 0 aliphatic carbocycles. The second-order valence-electron chi connectivity index (χ2n) is 7.60. The summed E-state index contributed by atoms with van der Waals surface area (Å²) in [5, 5.41) is 2.24. The summed E-state index contributed by atoms with van der Waals surface area (Å²) in [7, 11) is -0.891. The number of sulfonamides is 1. The number of fused-ring (bicyclic) bond motifs is 1. The molecule has 0 spiro atoms. The monoisotopic (exact) mass is 456 g/mol. The summed E-state index contributed by atoms with van der Waals surface area (Å²) in [5.41, 5.74) is 1.09. The molecular formula is C24H28N2O5S. The zero-order chi connectivity index (χ0) is 22.6. The van der Waals surface area contributed by atoms with Crippen LogP contribution in [0.5, 0.6) is 11.5 Å². The van der Waals surface area contributed by atoms with Gasteiger partial charge in [0.2, 0.25) is 10.0 Å². The van der Waals surface area contributed by atoms with E-state index in [2.05, 4.69) is 33.9 Å². The van der Waals surface area contributed by atoms with Crippen molar-refractivity contribution in [2.24, 2.45) is 0 Å². The molecule has 1 aliphatic rings. The molecule has 0 unspecified atom stereocenters. The fraction of sp³-hybridized carbons (Fsp3) is 0.333. The van der Waals surface area contributed by atoms with E-state index in [-0.39, 0.29) is 23.2 Å². The minimum atomic E-state index is -3.84. The molecule has 8 heteroatoms. The maximum absolute atomic E-state index is 13.3. The third kappa shape index (κ3) is 4.73. The van der Waals surface area contributed by atoms with Crippen LogP contribution in [0.15, 0.2) is 65.6 Å². The summed E-state index contributed by atoms with van der Waals surface area (Å²) in [6, 6.07) is 18.9. The van der Waals surface area contributed by atoms with Crippen molar-refractivity contribution in [1.82, 2.24) is 9.62 Å². The van der Waals surface area contributed by atoms with Gasteiger partial charge in [-0.05, 0) is 28.5 Å². The van der Waals surface area contributed by atoms with Gasteiger partial charge in [0.15, 0.2) is 0 Å². The Balaban J connectivity index is 1.68. The molecule has 1 saturated heterocycles. The topological polar surface area (TPSA) is 77.1 Å². The Morgan fingerprint density at radius 1 is 1.00 bits per heavy atom. The van der Waals surface area contributed by atoms with E-state index in [0.29, 0.717) is 19.0 Å². The van der Waals surface area contributed by atoms with Crippen LogP contribution in [-0.4, -0.2) is 60.4 Å². The maximum atomic E-state index is 13.3. The zero-order valence-electron chi connectivity index (χ0n) is 18.3. The zero-order valence-corrected chi connectivity index (χ0v) is 19.1. The van der Waals surface area contributed by atoms with Gasteiger partial charge in [-0.1, -0.05) is 42.5 Å². The van der Waals surface area contributed by atoms with Gasteiger partial charge in [-0.2, -0.15) is 0 Å². The van der Waals surface area contributed by atoms with Crippen molar-refractivity contribution < 1.29 is 22.6 Å². The average molecular weight is 457 g/mol. The van der Waals surface area contributed by atoms with Gasteiger partial charge >= 0.3 is 0 Å². The minimum Gasteiger partial charge on any atom is -0.497 e. The van der Waals surface area contributed by atoms with Crippen molar-refractivity contribution in [3.05, 3.63) is 66.2 Å². The fourth-order valence-corrected chi connectivity index (χ4v) is 5.35. The van der Waals surface area contributed by atoms with Gasteiger partial charge in [-0.15, -0.1) is 0 Å². The molecule has 170 valence electrons. The summed E-state index contributed by atoms with van der Waals surface area (Å²) in [6.45, 7) is 2.93. The third-order valence-electron chi connectivity index (χ3n) is 5.80. The van der Waals surface area contributed by atoms with Crippen molar-refractivity contribution in [3.63, 3.8) is 0 Å². The van der Waals surface area contributed by atoms with Crippen molar-refractivity contribution in [2.45, 2.75) is 10.9 Å². The van der Waals surface area contributed by atoms with Crippen LogP contribution in [0.4, 0.5) is 0 Å². The lowest BCUT2D eigenvalue weighted by atomic mass is 9.97. The first kappa shape index (κ1) is 22.5. The normalized spacial score (nSPS) is 16.1. The molecule has 1 N–H and O–H groups in total. The van der Waals surface area contributed by atoms with Crippen LogP contribution in [0.1, 0.15) is 11.6 Å². The van der Waals surface area contributed by atoms with E-state index < -0.39 is 10.0 Å². The van der Waals surface area contributed by atoms with Crippen molar-refractivity contribution in [2.75, 3.05) is 47.1 Å². The molecule has 1 fully saturated rings. The second kappa shape index (κ2) is 9.87. The first-order valence-corrected chi connectivity index (χ1v) is 12.0. The summed E-state index contributed by atoms with van der Waals surface area (Å²) >= 11 is 0. The highest BCUT2D eigenvalue weighted by Gasteiger charge is 2.27. The van der Waals surface area contributed by atoms with Gasteiger partial charge < -0.3 is 14.2 Å². The predicted octanol–water partition coefficient (Wildman–Crippen LogP) is 3.21. The second-order valence-corrected chi connectivity index (χ2v) is 9.34. The Labute approximate surface area is 188 Å². The SMILES string of the molecule is COc1ccc(OC)c(S(=O)(=O)NC[C@H](c2cccc3ccccc23)N2CCOCC2)c1. The Morgan fingerprint density at radius 2 is 1.75 bits per heavy atom. The van der Waals surface area contributed by atoms with Crippen LogP contribution in [0, 0.1) is 0 Å². The van der Waals surface area contributed by atoms with Crippen LogP contribution in [0.3, 0.4) is 0 Å². The first-order chi connectivity index (χ1) is 15.5. The molecule has 0 bridgehead atoms. The minimum absolute atomic E-state index is 0.0537. The summed E-state index contributed by atoms with van der Waals surface area (Å²) < 4.78 is 45.4. The summed E-state index contributed by atoms with van der Waals surface area (Å²) in [6.07, 6.45) is 0. The van der Waals surface area contributed by atoms with Gasteiger partial charge in [0.25, 0.3) is 0 Å². The van der Waals surface area contributed by atoms with Gasteiger partial charge in [0.05, 0.1) is 27.4 Å². The highest BCUT2D eigenvalue weighted by Crippen LogP contribution is 2.31. The fourth-order valence-electron chi connectivity index (χ4n) is 4.13. The number of hydrogen-bond acceptors (Lipinski definition) is 6. The maximum Gasteiger partial charge on any atom is 0.244 e. The van der Waals surface area contributed by atoms with E-state index in [0.717, 1.165) is 29.4 Å². The van der Waals surface area contributed by atoms with E-state index in [9.17, 15) is 8.42 Å². The molecule has 32 heavy (non-hydrogen) atoms. The average Bonchev–Trinajstić information content (AvgIpc) is 2.84. The number of benzene rings is 3. The lowest BCUT2D eigenvalue weighted by Crippen LogP contribution is -2.43. The molecule has 4 rings (SSSR count). The predicted molar refractivity (Wildman–Crippen MR) is 124 cm³/mol. The standard InChI is InChI=1S/C24H28N2O5S/c1-29-19-10-11-23(30-2)24(16-19)32(27,28)25-17-22(26-12-14-31-15-13-26)21-9-5-7-18-6-3-4-8-20(18)21/h3-11,16,22,25H,12-15,17H2,1-2H3/t22-/m1/s1. The van der Waals surface area contributed by atoms with Crippen LogP contribution >= 0.6 is 0 Å². The molecule has 1 aliphatic heterocycles. The highest BCUT2D eigenvalue weighted by molar-refractivity contribution is 7.89. The van der Waals surface area contributed by atoms with Crippen molar-refractivity contribution >= 4 is 20.8 Å². The van der Waals surface area contributed by atoms with Crippen LogP contribution in [-0.2, 0) is 14.8 Å². The van der Waals surface area contributed by atoms with Crippen LogP contribution in [0.25, 0.3) is 10.8 Å². The number of nitrogens with zero attached hydrogens (tertiary/aromatic N) is 1. The third-order valence-corrected chi connectivity index (χ3v) is 7.24. The number of hydrogen-bond donors (Lipinski definition) is 1. The molecule has 0 aromatic heterocycles.